The number of halogens is 1. The number of amidine groups is 1. The molecule has 19 heavy (non-hydrogen) atoms. The fraction of sp³-hybridized carbons (Fsp3) is 0.385. The van der Waals surface area contributed by atoms with Crippen LogP contribution in [-0.2, 0) is 11.3 Å². The van der Waals surface area contributed by atoms with E-state index in [4.69, 9.17) is 10.9 Å². The number of benzene rings is 1. The van der Waals surface area contributed by atoms with Crippen molar-refractivity contribution < 1.29 is 14.4 Å². The average Bonchev–Trinajstić information content (AvgIpc) is 2.39. The van der Waals surface area contributed by atoms with Crippen molar-refractivity contribution >= 4 is 11.7 Å². The van der Waals surface area contributed by atoms with E-state index < -0.39 is 5.41 Å². The molecular formula is C13H18FN3O2. The number of nitrogens with two attached hydrogens (primary N) is 1. The maximum atomic E-state index is 12.8. The number of rotatable bonds is 4. The molecule has 1 aromatic rings. The second-order valence-corrected chi connectivity index (χ2v) is 4.90. The molecular weight excluding hydrogens is 249 g/mol. The highest BCUT2D eigenvalue weighted by Crippen LogP contribution is 2.19. The maximum Gasteiger partial charge on any atom is 0.235 e. The third-order valence-corrected chi connectivity index (χ3v) is 2.96. The molecule has 3 N–H and O–H groups in total. The lowest BCUT2D eigenvalue weighted by molar-refractivity contribution is -0.136. The number of hydrogen-bond donors (Lipinski definition) is 2. The quantitative estimate of drug-likeness (QED) is 0.376. The summed E-state index contributed by atoms with van der Waals surface area (Å²) >= 11 is 0. The van der Waals surface area contributed by atoms with Gasteiger partial charge in [0.25, 0.3) is 0 Å². The normalized spacial score (nSPS) is 12.3. The molecule has 0 aliphatic heterocycles. The Morgan fingerprint density at radius 2 is 1.95 bits per heavy atom. The Bertz CT molecular complexity index is 483. The van der Waals surface area contributed by atoms with Gasteiger partial charge in [0.05, 0.1) is 0 Å². The van der Waals surface area contributed by atoms with Crippen LogP contribution in [0.2, 0.25) is 0 Å². The number of carbonyl (C=O) groups is 1. The van der Waals surface area contributed by atoms with Gasteiger partial charge in [0.15, 0.2) is 5.84 Å². The Morgan fingerprint density at radius 3 is 2.42 bits per heavy atom. The molecule has 6 heteroatoms. The van der Waals surface area contributed by atoms with Crippen LogP contribution in [0.1, 0.15) is 19.4 Å². The monoisotopic (exact) mass is 267 g/mol. The molecule has 0 aliphatic carbocycles. The van der Waals surface area contributed by atoms with Gasteiger partial charge in [-0.15, -0.1) is 0 Å². The molecule has 0 saturated carbocycles. The topological polar surface area (TPSA) is 78.9 Å². The van der Waals surface area contributed by atoms with Crippen LogP contribution in [0.5, 0.6) is 0 Å². The zero-order valence-electron chi connectivity index (χ0n) is 11.2. The van der Waals surface area contributed by atoms with E-state index in [1.54, 1.807) is 33.0 Å². The second-order valence-electron chi connectivity index (χ2n) is 4.90. The predicted molar refractivity (Wildman–Crippen MR) is 70.1 cm³/mol. The van der Waals surface area contributed by atoms with Crippen molar-refractivity contribution in [3.63, 3.8) is 0 Å². The van der Waals surface area contributed by atoms with Crippen LogP contribution in [-0.4, -0.2) is 28.9 Å². The van der Waals surface area contributed by atoms with E-state index in [9.17, 15) is 9.18 Å². The Kier molecular flexibility index (Phi) is 4.47. The number of amides is 1. The first-order chi connectivity index (χ1) is 8.78. The van der Waals surface area contributed by atoms with Gasteiger partial charge in [-0.05, 0) is 31.5 Å². The zero-order chi connectivity index (χ0) is 14.6. The van der Waals surface area contributed by atoms with Crippen LogP contribution in [0.4, 0.5) is 4.39 Å². The van der Waals surface area contributed by atoms with E-state index in [0.29, 0.717) is 6.54 Å². The van der Waals surface area contributed by atoms with Crippen molar-refractivity contribution in [1.82, 2.24) is 4.90 Å². The predicted octanol–water partition coefficient (Wildman–Crippen LogP) is 1.56. The summed E-state index contributed by atoms with van der Waals surface area (Å²) in [6.45, 7) is 3.47. The van der Waals surface area contributed by atoms with Crippen molar-refractivity contribution in [2.45, 2.75) is 20.4 Å². The molecule has 104 valence electrons. The number of hydrogen-bond acceptors (Lipinski definition) is 3. The Morgan fingerprint density at radius 1 is 1.42 bits per heavy atom. The van der Waals surface area contributed by atoms with Crippen LogP contribution in [0.3, 0.4) is 0 Å². The third kappa shape index (κ3) is 3.43. The van der Waals surface area contributed by atoms with Gasteiger partial charge >= 0.3 is 0 Å². The molecule has 0 spiro atoms. The molecule has 0 atom stereocenters. The van der Waals surface area contributed by atoms with Crippen LogP contribution in [0.25, 0.3) is 0 Å². The second kappa shape index (κ2) is 5.69. The lowest BCUT2D eigenvalue weighted by Crippen LogP contribution is -2.46. The minimum Gasteiger partial charge on any atom is -0.409 e. The number of nitrogens with zero attached hydrogens (tertiary/aromatic N) is 2. The summed E-state index contributed by atoms with van der Waals surface area (Å²) in [5.41, 5.74) is 5.21. The summed E-state index contributed by atoms with van der Waals surface area (Å²) in [5, 5.41) is 11.6. The van der Waals surface area contributed by atoms with Crippen LogP contribution >= 0.6 is 0 Å². The average molecular weight is 267 g/mol. The molecule has 1 amide bonds. The molecule has 0 heterocycles. The van der Waals surface area contributed by atoms with Crippen molar-refractivity contribution in [2.75, 3.05) is 7.05 Å². The smallest absolute Gasteiger partial charge is 0.235 e. The van der Waals surface area contributed by atoms with E-state index in [2.05, 4.69) is 5.16 Å². The lowest BCUT2D eigenvalue weighted by Gasteiger charge is -2.28. The molecule has 0 aromatic heterocycles. The summed E-state index contributed by atoms with van der Waals surface area (Å²) in [4.78, 5) is 13.7. The molecule has 5 nitrogen and oxygen atoms in total. The fourth-order valence-electron chi connectivity index (χ4n) is 1.65. The lowest BCUT2D eigenvalue weighted by atomic mass is 9.90. The molecule has 0 saturated heterocycles. The van der Waals surface area contributed by atoms with Gasteiger partial charge in [0, 0.05) is 13.6 Å². The van der Waals surface area contributed by atoms with E-state index in [1.807, 2.05) is 0 Å². The molecule has 0 aliphatic rings. The largest absolute Gasteiger partial charge is 0.409 e. The van der Waals surface area contributed by atoms with Crippen LogP contribution in [0.15, 0.2) is 29.4 Å². The molecule has 1 aromatic carbocycles. The van der Waals surface area contributed by atoms with Gasteiger partial charge in [0.2, 0.25) is 5.91 Å². The Balaban J connectivity index is 2.81. The molecule has 0 unspecified atom stereocenters. The first-order valence-corrected chi connectivity index (χ1v) is 5.77. The van der Waals surface area contributed by atoms with E-state index in [0.717, 1.165) is 5.56 Å². The number of carbonyl (C=O) groups excluding carboxylic acids is 1. The summed E-state index contributed by atoms with van der Waals surface area (Å²) in [6.07, 6.45) is 0. The molecule has 0 bridgehead atoms. The van der Waals surface area contributed by atoms with E-state index in [-0.39, 0.29) is 17.6 Å². The highest BCUT2D eigenvalue weighted by molar-refractivity contribution is 6.05. The van der Waals surface area contributed by atoms with Crippen molar-refractivity contribution in [3.05, 3.63) is 35.6 Å². The Labute approximate surface area is 111 Å². The number of oxime groups is 1. The molecule has 0 fully saturated rings. The highest BCUT2D eigenvalue weighted by atomic mass is 19.1. The van der Waals surface area contributed by atoms with Gasteiger partial charge in [-0.1, -0.05) is 17.3 Å². The van der Waals surface area contributed by atoms with Crippen molar-refractivity contribution in [3.8, 4) is 0 Å². The van der Waals surface area contributed by atoms with Gasteiger partial charge < -0.3 is 15.8 Å². The van der Waals surface area contributed by atoms with Gasteiger partial charge in [-0.3, -0.25) is 4.79 Å². The summed E-state index contributed by atoms with van der Waals surface area (Å²) in [7, 11) is 1.61. The standard InChI is InChI=1S/C13H18FN3O2/c1-13(2,11(15)16-19)12(18)17(3)8-9-4-6-10(14)7-5-9/h4-7,19H,8H2,1-3H3,(H2,15,16). The fourth-order valence-corrected chi connectivity index (χ4v) is 1.65. The first-order valence-electron chi connectivity index (χ1n) is 5.77. The third-order valence-electron chi connectivity index (χ3n) is 2.96. The van der Waals surface area contributed by atoms with Crippen LogP contribution < -0.4 is 5.73 Å². The highest BCUT2D eigenvalue weighted by Gasteiger charge is 2.35. The summed E-state index contributed by atoms with van der Waals surface area (Å²) in [6, 6.07) is 5.88. The van der Waals surface area contributed by atoms with E-state index in [1.165, 1.54) is 17.0 Å². The van der Waals surface area contributed by atoms with Gasteiger partial charge in [0.1, 0.15) is 11.2 Å². The summed E-state index contributed by atoms with van der Waals surface area (Å²) < 4.78 is 12.8. The minimum atomic E-state index is -1.09. The van der Waals surface area contributed by atoms with Gasteiger partial charge in [-0.25, -0.2) is 4.39 Å². The van der Waals surface area contributed by atoms with Crippen LogP contribution in [0, 0.1) is 11.2 Å². The van der Waals surface area contributed by atoms with Crippen molar-refractivity contribution in [1.29, 1.82) is 0 Å². The zero-order valence-corrected chi connectivity index (χ0v) is 11.2. The van der Waals surface area contributed by atoms with Gasteiger partial charge in [-0.2, -0.15) is 0 Å². The Hall–Kier alpha value is -2.11. The SMILES string of the molecule is CN(Cc1ccc(F)cc1)C(=O)C(C)(C)C(N)=NO. The van der Waals surface area contributed by atoms with E-state index >= 15 is 0 Å². The molecule has 1 rings (SSSR count). The summed E-state index contributed by atoms with van der Waals surface area (Å²) in [5.74, 6) is -0.759. The van der Waals surface area contributed by atoms with Crippen molar-refractivity contribution in [2.24, 2.45) is 16.3 Å². The molecule has 0 radical (unpaired) electrons. The maximum absolute atomic E-state index is 12.8. The minimum absolute atomic E-state index is 0.150. The first kappa shape index (κ1) is 14.9.